The summed E-state index contributed by atoms with van der Waals surface area (Å²) in [5, 5.41) is 0. The van der Waals surface area contributed by atoms with Gasteiger partial charge in [0.15, 0.2) is 0 Å². The highest BCUT2D eigenvalue weighted by molar-refractivity contribution is 5.98. The highest BCUT2D eigenvalue weighted by Gasteiger charge is 2.26. The third-order valence-corrected chi connectivity index (χ3v) is 3.65. The number of para-hydroxylation sites is 1. The predicted octanol–water partition coefficient (Wildman–Crippen LogP) is 2.19. The SMILES string of the molecule is Nc1cccc2c1N(C(=O)CCc1ccccn1)CC2. The first-order chi connectivity index (χ1) is 9.75. The quantitative estimate of drug-likeness (QED) is 0.867. The fourth-order valence-electron chi connectivity index (χ4n) is 2.65. The minimum atomic E-state index is 0.118. The van der Waals surface area contributed by atoms with Crippen molar-refractivity contribution in [3.63, 3.8) is 0 Å². The number of fused-ring (bicyclic) bond motifs is 1. The van der Waals surface area contributed by atoms with Crippen molar-refractivity contribution in [2.75, 3.05) is 17.2 Å². The van der Waals surface area contributed by atoms with Gasteiger partial charge in [-0.15, -0.1) is 0 Å². The van der Waals surface area contributed by atoms with Gasteiger partial charge in [-0.1, -0.05) is 18.2 Å². The minimum Gasteiger partial charge on any atom is -0.397 e. The molecule has 0 fully saturated rings. The number of amides is 1. The summed E-state index contributed by atoms with van der Waals surface area (Å²) in [6.45, 7) is 0.727. The molecule has 0 saturated heterocycles. The number of nitrogens with zero attached hydrogens (tertiary/aromatic N) is 2. The average molecular weight is 267 g/mol. The Hall–Kier alpha value is -2.36. The van der Waals surface area contributed by atoms with Crippen molar-refractivity contribution in [3.8, 4) is 0 Å². The third-order valence-electron chi connectivity index (χ3n) is 3.65. The van der Waals surface area contributed by atoms with E-state index in [-0.39, 0.29) is 5.91 Å². The van der Waals surface area contributed by atoms with Crippen molar-refractivity contribution in [1.29, 1.82) is 0 Å². The third kappa shape index (κ3) is 2.37. The second-order valence-electron chi connectivity index (χ2n) is 4.97. The van der Waals surface area contributed by atoms with Crippen LogP contribution in [0.3, 0.4) is 0 Å². The molecule has 2 N–H and O–H groups in total. The highest BCUT2D eigenvalue weighted by atomic mass is 16.2. The molecule has 1 aromatic heterocycles. The summed E-state index contributed by atoms with van der Waals surface area (Å²) in [6, 6.07) is 11.6. The van der Waals surface area contributed by atoms with Gasteiger partial charge in [0.05, 0.1) is 11.4 Å². The first-order valence-corrected chi connectivity index (χ1v) is 6.83. The van der Waals surface area contributed by atoms with Crippen LogP contribution in [0.5, 0.6) is 0 Å². The van der Waals surface area contributed by atoms with Crippen LogP contribution in [-0.4, -0.2) is 17.4 Å². The van der Waals surface area contributed by atoms with Crippen LogP contribution in [0.15, 0.2) is 42.6 Å². The van der Waals surface area contributed by atoms with E-state index in [1.807, 2.05) is 41.3 Å². The van der Waals surface area contributed by atoms with Gasteiger partial charge in [0.1, 0.15) is 0 Å². The van der Waals surface area contributed by atoms with E-state index >= 15 is 0 Å². The van der Waals surface area contributed by atoms with Crippen LogP contribution in [0.2, 0.25) is 0 Å². The van der Waals surface area contributed by atoms with Crippen LogP contribution in [-0.2, 0) is 17.6 Å². The molecular formula is C16H17N3O. The lowest BCUT2D eigenvalue weighted by Gasteiger charge is -2.18. The van der Waals surface area contributed by atoms with Gasteiger partial charge in [-0.05, 0) is 36.6 Å². The Bertz CT molecular complexity index is 625. The van der Waals surface area contributed by atoms with Crippen LogP contribution in [0, 0.1) is 0 Å². The van der Waals surface area contributed by atoms with Crippen LogP contribution >= 0.6 is 0 Å². The summed E-state index contributed by atoms with van der Waals surface area (Å²) in [4.78, 5) is 18.4. The van der Waals surface area contributed by atoms with E-state index in [1.165, 1.54) is 0 Å². The number of pyridine rings is 1. The summed E-state index contributed by atoms with van der Waals surface area (Å²) in [6.07, 6.45) is 3.77. The fourth-order valence-corrected chi connectivity index (χ4v) is 2.65. The molecule has 1 aromatic carbocycles. The van der Waals surface area contributed by atoms with Crippen molar-refractivity contribution in [3.05, 3.63) is 53.9 Å². The van der Waals surface area contributed by atoms with Gasteiger partial charge in [0.25, 0.3) is 0 Å². The van der Waals surface area contributed by atoms with Gasteiger partial charge in [-0.25, -0.2) is 0 Å². The second kappa shape index (κ2) is 5.33. The molecule has 4 heteroatoms. The number of benzene rings is 1. The normalized spacial score (nSPS) is 13.3. The second-order valence-corrected chi connectivity index (χ2v) is 4.97. The van der Waals surface area contributed by atoms with E-state index < -0.39 is 0 Å². The van der Waals surface area contributed by atoms with Crippen molar-refractivity contribution >= 4 is 17.3 Å². The lowest BCUT2D eigenvalue weighted by molar-refractivity contribution is -0.118. The van der Waals surface area contributed by atoms with Gasteiger partial charge in [0.2, 0.25) is 5.91 Å². The number of rotatable bonds is 3. The van der Waals surface area contributed by atoms with Gasteiger partial charge >= 0.3 is 0 Å². The summed E-state index contributed by atoms with van der Waals surface area (Å²) >= 11 is 0. The zero-order valence-electron chi connectivity index (χ0n) is 11.2. The lowest BCUT2D eigenvalue weighted by atomic mass is 10.1. The van der Waals surface area contributed by atoms with Crippen LogP contribution in [0.25, 0.3) is 0 Å². The molecule has 0 saturated carbocycles. The fraction of sp³-hybridized carbons (Fsp3) is 0.250. The lowest BCUT2D eigenvalue weighted by Crippen LogP contribution is -2.29. The molecule has 3 rings (SSSR count). The molecule has 1 amide bonds. The molecule has 1 aliphatic heterocycles. The summed E-state index contributed by atoms with van der Waals surface area (Å²) in [7, 11) is 0. The summed E-state index contributed by atoms with van der Waals surface area (Å²) in [5.74, 6) is 0.118. The van der Waals surface area contributed by atoms with E-state index in [9.17, 15) is 4.79 Å². The molecule has 4 nitrogen and oxygen atoms in total. The number of carbonyl (C=O) groups is 1. The Labute approximate surface area is 118 Å². The Morgan fingerprint density at radius 2 is 2.15 bits per heavy atom. The molecule has 102 valence electrons. The Balaban J connectivity index is 1.71. The highest BCUT2D eigenvalue weighted by Crippen LogP contribution is 2.33. The Morgan fingerprint density at radius 3 is 2.95 bits per heavy atom. The number of aryl methyl sites for hydroxylation is 1. The van der Waals surface area contributed by atoms with Gasteiger partial charge < -0.3 is 10.6 Å². The maximum atomic E-state index is 12.4. The maximum absolute atomic E-state index is 12.4. The van der Waals surface area contributed by atoms with Gasteiger partial charge in [-0.2, -0.15) is 0 Å². The molecular weight excluding hydrogens is 250 g/mol. The summed E-state index contributed by atoms with van der Waals surface area (Å²) in [5.41, 5.74) is 9.70. The van der Waals surface area contributed by atoms with E-state index in [0.717, 1.165) is 29.9 Å². The minimum absolute atomic E-state index is 0.118. The molecule has 0 atom stereocenters. The molecule has 0 unspecified atom stereocenters. The molecule has 2 heterocycles. The van der Waals surface area contributed by atoms with Gasteiger partial charge in [-0.3, -0.25) is 9.78 Å². The molecule has 0 aliphatic carbocycles. The number of anilines is 2. The van der Waals surface area contributed by atoms with Crippen molar-refractivity contribution in [2.45, 2.75) is 19.3 Å². The first kappa shape index (κ1) is 12.7. The monoisotopic (exact) mass is 267 g/mol. The Morgan fingerprint density at radius 1 is 1.25 bits per heavy atom. The zero-order chi connectivity index (χ0) is 13.9. The zero-order valence-corrected chi connectivity index (χ0v) is 11.2. The maximum Gasteiger partial charge on any atom is 0.227 e. The first-order valence-electron chi connectivity index (χ1n) is 6.83. The number of nitrogens with two attached hydrogens (primary N) is 1. The number of nitrogen functional groups attached to an aromatic ring is 1. The number of hydrogen-bond acceptors (Lipinski definition) is 3. The van der Waals surface area contributed by atoms with Crippen LogP contribution in [0.1, 0.15) is 17.7 Å². The van der Waals surface area contributed by atoms with Crippen molar-refractivity contribution in [2.24, 2.45) is 0 Å². The molecule has 20 heavy (non-hydrogen) atoms. The number of carbonyl (C=O) groups excluding carboxylic acids is 1. The van der Waals surface area contributed by atoms with Gasteiger partial charge in [0, 0.05) is 24.9 Å². The Kier molecular flexibility index (Phi) is 3.37. The van der Waals surface area contributed by atoms with Crippen molar-refractivity contribution < 1.29 is 4.79 Å². The largest absolute Gasteiger partial charge is 0.397 e. The molecule has 0 spiro atoms. The molecule has 1 aliphatic rings. The van der Waals surface area contributed by atoms with Crippen LogP contribution in [0.4, 0.5) is 11.4 Å². The average Bonchev–Trinajstić information content (AvgIpc) is 2.91. The van der Waals surface area contributed by atoms with E-state index in [2.05, 4.69) is 4.98 Å². The van der Waals surface area contributed by atoms with Crippen LogP contribution < -0.4 is 10.6 Å². The van der Waals surface area contributed by atoms with E-state index in [1.54, 1.807) is 6.20 Å². The van der Waals surface area contributed by atoms with E-state index in [4.69, 9.17) is 5.73 Å². The number of hydrogen-bond donors (Lipinski definition) is 1. The smallest absolute Gasteiger partial charge is 0.227 e. The summed E-state index contributed by atoms with van der Waals surface area (Å²) < 4.78 is 0. The molecule has 2 aromatic rings. The standard InChI is InChI=1S/C16H17N3O/c17-14-6-3-4-12-9-11-19(16(12)14)15(20)8-7-13-5-1-2-10-18-13/h1-6,10H,7-9,11,17H2. The molecule has 0 bridgehead atoms. The predicted molar refractivity (Wildman–Crippen MR) is 79.5 cm³/mol. The number of aromatic nitrogens is 1. The molecule has 0 radical (unpaired) electrons. The van der Waals surface area contributed by atoms with E-state index in [0.29, 0.717) is 18.5 Å². The topological polar surface area (TPSA) is 59.2 Å². The van der Waals surface area contributed by atoms with Crippen molar-refractivity contribution in [1.82, 2.24) is 4.98 Å².